The number of aromatic nitrogens is 1. The SMILES string of the molecule is CC(C)NS(=O)(=O)c1ccc(-c2sc(C(N)=O)nc2C(=O)N2CCC(F)CC2)c(Cl)c1Cl. The molecule has 0 radical (unpaired) electrons. The zero-order chi connectivity index (χ0) is 23.8. The standard InChI is InChI=1S/C19H21Cl2FN4O4S2/c1-9(2)25-32(29,30)12-4-3-11(13(20)14(12)21)16-15(24-18(31-16)17(23)27)19(28)26-7-5-10(22)6-8-26/h3-4,9-10,25H,5-8H2,1-2H3,(H2,23,27). The largest absolute Gasteiger partial charge is 0.364 e. The maximum absolute atomic E-state index is 13.5. The Bertz CT molecular complexity index is 1160. The quantitative estimate of drug-likeness (QED) is 0.601. The Labute approximate surface area is 198 Å². The van der Waals surface area contributed by atoms with Crippen LogP contribution in [0.4, 0.5) is 4.39 Å². The number of nitrogens with two attached hydrogens (primary N) is 1. The third-order valence-electron chi connectivity index (χ3n) is 4.72. The summed E-state index contributed by atoms with van der Waals surface area (Å²) in [6, 6.07) is 2.29. The van der Waals surface area contributed by atoms with Gasteiger partial charge in [0.05, 0.1) is 14.9 Å². The number of likely N-dealkylation sites (tertiary alicyclic amines) is 1. The first-order valence-corrected chi connectivity index (χ1v) is 12.7. The van der Waals surface area contributed by atoms with Crippen LogP contribution in [0.25, 0.3) is 10.4 Å². The van der Waals surface area contributed by atoms with Crippen molar-refractivity contribution in [2.24, 2.45) is 5.73 Å². The van der Waals surface area contributed by atoms with E-state index in [-0.39, 0.29) is 68.1 Å². The summed E-state index contributed by atoms with van der Waals surface area (Å²) in [4.78, 5) is 30.4. The molecular weight excluding hydrogens is 502 g/mol. The van der Waals surface area contributed by atoms with Crippen molar-refractivity contribution in [3.05, 3.63) is 32.9 Å². The van der Waals surface area contributed by atoms with E-state index in [1.165, 1.54) is 17.0 Å². The summed E-state index contributed by atoms with van der Waals surface area (Å²) in [7, 11) is -3.93. The van der Waals surface area contributed by atoms with Crippen molar-refractivity contribution in [3.63, 3.8) is 0 Å². The summed E-state index contributed by atoms with van der Waals surface area (Å²) in [5.41, 5.74) is 5.51. The van der Waals surface area contributed by atoms with Gasteiger partial charge in [0, 0.05) is 24.7 Å². The Kier molecular flexibility index (Phi) is 7.45. The van der Waals surface area contributed by atoms with Crippen LogP contribution in [0, 0.1) is 0 Å². The van der Waals surface area contributed by atoms with Crippen LogP contribution in [0.1, 0.15) is 47.0 Å². The fourth-order valence-corrected chi connectivity index (χ4v) is 6.36. The van der Waals surface area contributed by atoms with E-state index in [0.29, 0.717) is 0 Å². The third kappa shape index (κ3) is 5.07. The number of hydrogen-bond acceptors (Lipinski definition) is 6. The molecule has 2 amide bonds. The second-order valence-electron chi connectivity index (χ2n) is 7.54. The van der Waals surface area contributed by atoms with Crippen molar-refractivity contribution in [2.45, 2.75) is 43.8 Å². The Balaban J connectivity index is 2.08. The van der Waals surface area contributed by atoms with Gasteiger partial charge < -0.3 is 10.6 Å². The first-order valence-electron chi connectivity index (χ1n) is 9.67. The molecule has 1 aromatic heterocycles. The highest BCUT2D eigenvalue weighted by Crippen LogP contribution is 2.41. The van der Waals surface area contributed by atoms with E-state index in [1.807, 2.05) is 0 Å². The van der Waals surface area contributed by atoms with Crippen molar-refractivity contribution in [1.29, 1.82) is 0 Å². The van der Waals surface area contributed by atoms with Gasteiger partial charge in [-0.25, -0.2) is 22.5 Å². The van der Waals surface area contributed by atoms with E-state index in [2.05, 4.69) is 9.71 Å². The molecule has 32 heavy (non-hydrogen) atoms. The lowest BCUT2D eigenvalue weighted by Gasteiger charge is -2.28. The lowest BCUT2D eigenvalue weighted by molar-refractivity contribution is 0.0662. The van der Waals surface area contributed by atoms with E-state index in [9.17, 15) is 22.4 Å². The Morgan fingerprint density at radius 2 is 1.88 bits per heavy atom. The van der Waals surface area contributed by atoms with E-state index >= 15 is 0 Å². The first kappa shape index (κ1) is 24.8. The fourth-order valence-electron chi connectivity index (χ4n) is 3.24. The van der Waals surface area contributed by atoms with Gasteiger partial charge in [0.15, 0.2) is 5.01 Å². The number of benzene rings is 1. The lowest BCUT2D eigenvalue weighted by atomic mass is 10.1. The molecule has 1 aliphatic rings. The van der Waals surface area contributed by atoms with Crippen molar-refractivity contribution in [1.82, 2.24) is 14.6 Å². The second-order valence-corrected chi connectivity index (χ2v) is 11.0. The predicted molar refractivity (Wildman–Crippen MR) is 122 cm³/mol. The summed E-state index contributed by atoms with van der Waals surface area (Å²) in [5, 5.41) is -0.466. The van der Waals surface area contributed by atoms with Gasteiger partial charge in [-0.05, 0) is 32.8 Å². The van der Waals surface area contributed by atoms with Gasteiger partial charge in [0.1, 0.15) is 16.8 Å². The average molecular weight is 523 g/mol. The molecule has 0 unspecified atom stereocenters. The number of piperidine rings is 1. The molecule has 3 rings (SSSR count). The molecule has 1 fully saturated rings. The molecule has 0 spiro atoms. The van der Waals surface area contributed by atoms with Gasteiger partial charge >= 0.3 is 0 Å². The van der Waals surface area contributed by atoms with E-state index in [4.69, 9.17) is 28.9 Å². The zero-order valence-corrected chi connectivity index (χ0v) is 20.3. The number of alkyl halides is 1. The number of thiazole rings is 1. The van der Waals surface area contributed by atoms with Crippen molar-refractivity contribution >= 4 is 56.4 Å². The molecule has 0 bridgehead atoms. The molecule has 8 nitrogen and oxygen atoms in total. The van der Waals surface area contributed by atoms with Crippen molar-refractivity contribution < 1.29 is 22.4 Å². The summed E-state index contributed by atoms with van der Waals surface area (Å²) < 4.78 is 41.0. The van der Waals surface area contributed by atoms with Gasteiger partial charge in [0.2, 0.25) is 10.0 Å². The zero-order valence-electron chi connectivity index (χ0n) is 17.2. The number of halogens is 3. The number of nitrogens with zero attached hydrogens (tertiary/aromatic N) is 2. The second kappa shape index (κ2) is 9.60. The number of rotatable bonds is 6. The van der Waals surface area contributed by atoms with Crippen molar-refractivity contribution in [2.75, 3.05) is 13.1 Å². The molecule has 1 aliphatic heterocycles. The average Bonchev–Trinajstić information content (AvgIpc) is 3.14. The number of primary amides is 1. The van der Waals surface area contributed by atoms with Crippen LogP contribution >= 0.6 is 34.5 Å². The topological polar surface area (TPSA) is 122 Å². The minimum absolute atomic E-state index is 0.0741. The molecule has 13 heteroatoms. The van der Waals surface area contributed by atoms with E-state index < -0.39 is 28.0 Å². The molecule has 1 aromatic carbocycles. The summed E-state index contributed by atoms with van der Waals surface area (Å²) in [5.74, 6) is -1.33. The van der Waals surface area contributed by atoms with E-state index in [0.717, 1.165) is 11.3 Å². The van der Waals surface area contributed by atoms with Crippen LogP contribution in [0.3, 0.4) is 0 Å². The van der Waals surface area contributed by atoms with Gasteiger partial charge in [0.25, 0.3) is 11.8 Å². The molecule has 3 N–H and O–H groups in total. The normalized spacial score (nSPS) is 15.4. The smallest absolute Gasteiger partial charge is 0.277 e. The van der Waals surface area contributed by atoms with Gasteiger partial charge in [-0.2, -0.15) is 0 Å². The summed E-state index contributed by atoms with van der Waals surface area (Å²) in [6.07, 6.45) is -0.566. The monoisotopic (exact) mass is 522 g/mol. The van der Waals surface area contributed by atoms with Crippen molar-refractivity contribution in [3.8, 4) is 10.4 Å². The predicted octanol–water partition coefficient (Wildman–Crippen LogP) is 3.48. The minimum Gasteiger partial charge on any atom is -0.364 e. The highest BCUT2D eigenvalue weighted by molar-refractivity contribution is 7.89. The maximum atomic E-state index is 13.5. The minimum atomic E-state index is -3.93. The molecule has 174 valence electrons. The van der Waals surface area contributed by atoms with Crippen LogP contribution in [0.15, 0.2) is 17.0 Å². The highest BCUT2D eigenvalue weighted by atomic mass is 35.5. The summed E-state index contributed by atoms with van der Waals surface area (Å²) in [6.45, 7) is 3.73. The molecule has 0 aliphatic carbocycles. The van der Waals surface area contributed by atoms with Crippen LogP contribution in [0.2, 0.25) is 10.0 Å². The highest BCUT2D eigenvalue weighted by Gasteiger charge is 2.31. The van der Waals surface area contributed by atoms with Crippen LogP contribution in [0.5, 0.6) is 0 Å². The fraction of sp³-hybridized carbons (Fsp3) is 0.421. The van der Waals surface area contributed by atoms with E-state index in [1.54, 1.807) is 13.8 Å². The first-order chi connectivity index (χ1) is 14.9. The van der Waals surface area contributed by atoms with Gasteiger partial charge in [-0.15, -0.1) is 11.3 Å². The van der Waals surface area contributed by atoms with Gasteiger partial charge in [-0.1, -0.05) is 29.3 Å². The number of nitrogens with one attached hydrogen (secondary N) is 1. The number of carbonyl (C=O) groups excluding carboxylic acids is 2. The third-order valence-corrected chi connectivity index (χ3v) is 8.52. The van der Waals surface area contributed by atoms with Gasteiger partial charge in [-0.3, -0.25) is 9.59 Å². The number of amides is 2. The number of sulfonamides is 1. The molecular formula is C19H21Cl2FN4O4S2. The molecule has 2 heterocycles. The number of hydrogen-bond donors (Lipinski definition) is 2. The number of carbonyl (C=O) groups is 2. The van der Waals surface area contributed by atoms with Crippen LogP contribution in [-0.2, 0) is 10.0 Å². The van der Waals surface area contributed by atoms with Crippen LogP contribution in [-0.4, -0.2) is 55.4 Å². The molecule has 2 aromatic rings. The maximum Gasteiger partial charge on any atom is 0.277 e. The summed E-state index contributed by atoms with van der Waals surface area (Å²) >= 11 is 13.5. The van der Waals surface area contributed by atoms with Crippen LogP contribution < -0.4 is 10.5 Å². The Morgan fingerprint density at radius 1 is 1.25 bits per heavy atom. The molecule has 1 saturated heterocycles. The Morgan fingerprint density at radius 3 is 2.44 bits per heavy atom. The Hall–Kier alpha value is -1.79. The molecule has 0 atom stereocenters. The lowest BCUT2D eigenvalue weighted by Crippen LogP contribution is -2.39. The molecule has 0 saturated carbocycles.